The third-order valence-electron chi connectivity index (χ3n) is 1.98. The number of rotatable bonds is 5. The van der Waals surface area contributed by atoms with Gasteiger partial charge in [0.25, 0.3) is 0 Å². The van der Waals surface area contributed by atoms with Gasteiger partial charge in [0.05, 0.1) is 19.7 Å². The smallest absolute Gasteiger partial charge is 0.412 e. The van der Waals surface area contributed by atoms with Gasteiger partial charge in [0.2, 0.25) is 0 Å². The van der Waals surface area contributed by atoms with Crippen LogP contribution in [0.3, 0.4) is 0 Å². The zero-order valence-electron chi connectivity index (χ0n) is 8.46. The van der Waals surface area contributed by atoms with E-state index in [9.17, 15) is 4.89 Å². The molecule has 1 saturated heterocycles. The molecule has 0 amide bonds. The fraction of sp³-hybridized carbons (Fsp3) is 1.00. The summed E-state index contributed by atoms with van der Waals surface area (Å²) in [5.74, 6) is 0.925. The summed E-state index contributed by atoms with van der Waals surface area (Å²) in [6, 6.07) is 0. The highest BCUT2D eigenvalue weighted by Crippen LogP contribution is 2.56. The molecule has 8 heteroatoms. The first-order valence-corrected chi connectivity index (χ1v) is 7.30. The molecule has 0 aliphatic carbocycles. The van der Waals surface area contributed by atoms with Gasteiger partial charge >= 0.3 is 8.02 Å². The molecular formula is C7H18Cl2N2O3P+. The van der Waals surface area contributed by atoms with Gasteiger partial charge in [0.1, 0.15) is 0 Å². The Labute approximate surface area is 101 Å². The van der Waals surface area contributed by atoms with E-state index in [0.717, 1.165) is 13.0 Å². The molecule has 0 aromatic carbocycles. The summed E-state index contributed by atoms with van der Waals surface area (Å²) < 4.78 is 7.21. The van der Waals surface area contributed by atoms with Crippen molar-refractivity contribution in [1.29, 1.82) is 0 Å². The summed E-state index contributed by atoms with van der Waals surface area (Å²) in [4.78, 5) is 10.2. The number of nitrogens with one attached hydrogen (secondary N) is 1. The Morgan fingerprint density at radius 1 is 1.33 bits per heavy atom. The second-order valence-corrected chi connectivity index (χ2v) is 5.95. The molecule has 0 aromatic heterocycles. The van der Waals surface area contributed by atoms with Crippen LogP contribution in [0.2, 0.25) is 0 Å². The largest absolute Gasteiger partial charge is 0.431 e. The number of nitrogens with zero attached hydrogens (tertiary/aromatic N) is 1. The second-order valence-electron chi connectivity index (χ2n) is 2.97. The van der Waals surface area contributed by atoms with Crippen molar-refractivity contribution in [2.45, 2.75) is 6.42 Å². The summed E-state index contributed by atoms with van der Waals surface area (Å²) in [7, 11) is -2.59. The van der Waals surface area contributed by atoms with Crippen molar-refractivity contribution in [2.75, 3.05) is 38.0 Å². The predicted molar refractivity (Wildman–Crippen MR) is 64.3 cm³/mol. The highest BCUT2D eigenvalue weighted by atomic mass is 35.5. The molecular weight excluding hydrogens is 262 g/mol. The minimum Gasteiger partial charge on any atom is -0.412 e. The molecule has 0 bridgehead atoms. The van der Waals surface area contributed by atoms with Crippen LogP contribution >= 0.6 is 31.2 Å². The summed E-state index contributed by atoms with van der Waals surface area (Å²) in [6.45, 7) is 2.56. The van der Waals surface area contributed by atoms with E-state index >= 15 is 0 Å². The van der Waals surface area contributed by atoms with E-state index in [-0.39, 0.29) is 5.48 Å². The van der Waals surface area contributed by atoms with Gasteiger partial charge in [-0.25, -0.2) is 0 Å². The van der Waals surface area contributed by atoms with Crippen LogP contribution in [0, 0.1) is 0 Å². The second kappa shape index (κ2) is 7.98. The Bertz CT molecular complexity index is 166. The van der Waals surface area contributed by atoms with Crippen molar-refractivity contribution in [2.24, 2.45) is 0 Å². The molecule has 1 aliphatic rings. The number of hydrogen-bond donors (Lipinski definition) is 2. The van der Waals surface area contributed by atoms with E-state index in [4.69, 9.17) is 27.7 Å². The molecule has 1 heterocycles. The summed E-state index contributed by atoms with van der Waals surface area (Å²) in [5.41, 5.74) is 0. The maximum Gasteiger partial charge on any atom is 0.431 e. The van der Waals surface area contributed by atoms with E-state index in [2.05, 4.69) is 5.09 Å². The Kier molecular flexibility index (Phi) is 8.41. The van der Waals surface area contributed by atoms with Crippen molar-refractivity contribution in [3.05, 3.63) is 0 Å². The molecule has 0 aromatic rings. The summed E-state index contributed by atoms with van der Waals surface area (Å²) >= 11 is 11.3. The lowest BCUT2D eigenvalue weighted by atomic mass is 10.5. The molecule has 1 aliphatic heterocycles. The van der Waals surface area contributed by atoms with Crippen molar-refractivity contribution in [3.8, 4) is 0 Å². The number of halogens is 2. The molecule has 4 N–H and O–H groups in total. The van der Waals surface area contributed by atoms with Crippen molar-refractivity contribution in [3.63, 3.8) is 0 Å². The van der Waals surface area contributed by atoms with Gasteiger partial charge in [-0.3, -0.25) is 0 Å². The molecule has 1 rings (SSSR count). The zero-order chi connectivity index (χ0) is 10.4. The van der Waals surface area contributed by atoms with Crippen LogP contribution in [-0.4, -0.2) is 53.0 Å². The molecule has 1 fully saturated rings. The molecule has 15 heavy (non-hydrogen) atoms. The SMILES string of the molecule is O.O[P+]1(N(CCCl)CCCl)NCCCO1. The summed E-state index contributed by atoms with van der Waals surface area (Å²) in [6.07, 6.45) is 0.928. The van der Waals surface area contributed by atoms with Crippen molar-refractivity contribution in [1.82, 2.24) is 9.76 Å². The van der Waals surface area contributed by atoms with Crippen LogP contribution in [0.25, 0.3) is 0 Å². The molecule has 0 radical (unpaired) electrons. The van der Waals surface area contributed by atoms with E-state index in [1.54, 1.807) is 0 Å². The van der Waals surface area contributed by atoms with Crippen LogP contribution in [0.4, 0.5) is 0 Å². The highest BCUT2D eigenvalue weighted by molar-refractivity contribution is 7.61. The topological polar surface area (TPSA) is 76.2 Å². The Morgan fingerprint density at radius 3 is 2.33 bits per heavy atom. The Morgan fingerprint density at radius 2 is 1.93 bits per heavy atom. The lowest BCUT2D eigenvalue weighted by Gasteiger charge is -2.30. The first-order chi connectivity index (χ1) is 6.73. The normalized spacial score (nSPS) is 26.4. The average molecular weight is 280 g/mol. The lowest BCUT2D eigenvalue weighted by Crippen LogP contribution is -2.39. The fourth-order valence-corrected chi connectivity index (χ4v) is 3.97. The van der Waals surface area contributed by atoms with Gasteiger partial charge in [0.15, 0.2) is 0 Å². The molecule has 92 valence electrons. The molecule has 5 nitrogen and oxygen atoms in total. The summed E-state index contributed by atoms with van der Waals surface area (Å²) in [5, 5.41) is 3.02. The molecule has 0 spiro atoms. The van der Waals surface area contributed by atoms with E-state index < -0.39 is 8.02 Å². The third-order valence-corrected chi connectivity index (χ3v) is 4.66. The van der Waals surface area contributed by atoms with Crippen LogP contribution in [0.5, 0.6) is 0 Å². The van der Waals surface area contributed by atoms with E-state index in [0.29, 0.717) is 31.5 Å². The highest BCUT2D eigenvalue weighted by Gasteiger charge is 2.47. The maximum absolute atomic E-state index is 10.2. The van der Waals surface area contributed by atoms with Gasteiger partial charge < -0.3 is 5.48 Å². The van der Waals surface area contributed by atoms with Crippen LogP contribution in [0.15, 0.2) is 0 Å². The van der Waals surface area contributed by atoms with Crippen LogP contribution in [0.1, 0.15) is 6.42 Å². The minimum absolute atomic E-state index is 0. The first kappa shape index (κ1) is 15.8. The Hall–Kier alpha value is 0.810. The molecule has 1 atom stereocenters. The van der Waals surface area contributed by atoms with Crippen molar-refractivity contribution >= 4 is 31.2 Å². The maximum atomic E-state index is 10.2. The molecule has 1 unspecified atom stereocenters. The van der Waals surface area contributed by atoms with Gasteiger partial charge in [-0.2, -0.15) is 9.42 Å². The minimum atomic E-state index is -2.59. The average Bonchev–Trinajstić information content (AvgIpc) is 2.19. The van der Waals surface area contributed by atoms with Gasteiger partial charge in [-0.15, -0.1) is 33.0 Å². The fourth-order valence-electron chi connectivity index (χ4n) is 1.29. The molecule has 0 saturated carbocycles. The van der Waals surface area contributed by atoms with Gasteiger partial charge in [-0.1, -0.05) is 0 Å². The number of hydrogen-bond acceptors (Lipinski definition) is 4. The van der Waals surface area contributed by atoms with Crippen LogP contribution < -0.4 is 5.09 Å². The first-order valence-electron chi connectivity index (χ1n) is 4.62. The van der Waals surface area contributed by atoms with Gasteiger partial charge in [-0.05, 0) is 6.42 Å². The quantitative estimate of drug-likeness (QED) is 0.572. The van der Waals surface area contributed by atoms with E-state index in [1.807, 2.05) is 4.67 Å². The zero-order valence-corrected chi connectivity index (χ0v) is 10.9. The van der Waals surface area contributed by atoms with Crippen molar-refractivity contribution < 1.29 is 14.9 Å². The monoisotopic (exact) mass is 279 g/mol. The standard InChI is InChI=1S/C7H16Cl2N2O2P.H2O/c8-2-5-11(6-3-9)14(12)10-4-1-7-13-14;/h10,12H,1-7H2;1H2/q+1;. The van der Waals surface area contributed by atoms with Crippen LogP contribution in [-0.2, 0) is 4.52 Å². The van der Waals surface area contributed by atoms with E-state index in [1.165, 1.54) is 0 Å². The third kappa shape index (κ3) is 4.67. The number of alkyl halides is 2. The lowest BCUT2D eigenvalue weighted by molar-refractivity contribution is 0.204. The van der Waals surface area contributed by atoms with Gasteiger partial charge in [0, 0.05) is 18.3 Å². The Balaban J connectivity index is 0.00000196. The predicted octanol–water partition coefficient (Wildman–Crippen LogP) is 0.621.